The monoisotopic (exact) mass is 431 g/mol. The molecule has 2 aromatic carbocycles. The van der Waals surface area contributed by atoms with Gasteiger partial charge >= 0.3 is 0 Å². The van der Waals surface area contributed by atoms with Gasteiger partial charge in [0.15, 0.2) is 0 Å². The Labute approximate surface area is 178 Å². The van der Waals surface area contributed by atoms with Gasteiger partial charge in [-0.15, -0.1) is 0 Å². The molecule has 30 heavy (non-hydrogen) atoms. The predicted molar refractivity (Wildman–Crippen MR) is 117 cm³/mol. The average molecular weight is 432 g/mol. The van der Waals surface area contributed by atoms with Crippen LogP contribution < -0.4 is 10.6 Å². The summed E-state index contributed by atoms with van der Waals surface area (Å²) in [6.07, 6.45) is 1.99. The minimum Gasteiger partial charge on any atom is -0.379 e. The lowest BCUT2D eigenvalue weighted by Gasteiger charge is -2.26. The van der Waals surface area contributed by atoms with Gasteiger partial charge in [-0.05, 0) is 36.7 Å². The molecule has 0 aromatic heterocycles. The normalized spacial score (nSPS) is 16.2. The molecule has 2 aromatic rings. The van der Waals surface area contributed by atoms with Gasteiger partial charge in [-0.2, -0.15) is 4.31 Å². The van der Waals surface area contributed by atoms with Gasteiger partial charge in [0.1, 0.15) is 6.04 Å². The summed E-state index contributed by atoms with van der Waals surface area (Å²) in [5.74, 6) is -0.224. The summed E-state index contributed by atoms with van der Waals surface area (Å²) in [4.78, 5) is 13.2. The SMILES string of the molecule is CCCCN[C@H](C(=O)Nc1cccc(S(=O)(=O)N2CCOCC2)c1)c1ccccc1. The summed E-state index contributed by atoms with van der Waals surface area (Å²) in [6.45, 7) is 4.25. The van der Waals surface area contributed by atoms with Crippen LogP contribution in [0.5, 0.6) is 0 Å². The largest absolute Gasteiger partial charge is 0.379 e. The maximum atomic E-state index is 13.0. The summed E-state index contributed by atoms with van der Waals surface area (Å²) in [7, 11) is -3.62. The second kappa shape index (κ2) is 10.7. The number of amides is 1. The first-order valence-corrected chi connectivity index (χ1v) is 11.7. The van der Waals surface area contributed by atoms with Gasteiger partial charge < -0.3 is 15.4 Å². The number of nitrogens with one attached hydrogen (secondary N) is 2. The number of rotatable bonds is 9. The fourth-order valence-electron chi connectivity index (χ4n) is 3.32. The minimum atomic E-state index is -3.62. The van der Waals surface area contributed by atoms with Crippen LogP contribution in [0.1, 0.15) is 31.4 Å². The molecule has 2 N–H and O–H groups in total. The number of carbonyl (C=O) groups is 1. The molecule has 3 rings (SSSR count). The van der Waals surface area contributed by atoms with Gasteiger partial charge in [-0.3, -0.25) is 4.79 Å². The number of sulfonamides is 1. The first-order chi connectivity index (χ1) is 14.5. The Morgan fingerprint density at radius 2 is 1.83 bits per heavy atom. The van der Waals surface area contributed by atoms with Crippen molar-refractivity contribution >= 4 is 21.6 Å². The van der Waals surface area contributed by atoms with Gasteiger partial charge in [0.25, 0.3) is 0 Å². The molecule has 0 radical (unpaired) electrons. The zero-order chi connectivity index (χ0) is 21.4. The highest BCUT2D eigenvalue weighted by molar-refractivity contribution is 7.89. The molecule has 1 fully saturated rings. The van der Waals surface area contributed by atoms with Gasteiger partial charge in [0.2, 0.25) is 15.9 Å². The molecule has 1 aliphatic rings. The lowest BCUT2D eigenvalue weighted by molar-refractivity contribution is -0.118. The van der Waals surface area contributed by atoms with Crippen molar-refractivity contribution < 1.29 is 17.9 Å². The maximum absolute atomic E-state index is 13.0. The van der Waals surface area contributed by atoms with Crippen molar-refractivity contribution in [1.29, 1.82) is 0 Å². The van der Waals surface area contributed by atoms with E-state index >= 15 is 0 Å². The van der Waals surface area contributed by atoms with E-state index in [1.807, 2.05) is 30.3 Å². The fourth-order valence-corrected chi connectivity index (χ4v) is 4.77. The standard InChI is InChI=1S/C22H29N3O4S/c1-2-3-12-23-21(18-8-5-4-6-9-18)22(26)24-19-10-7-11-20(17-19)30(27,28)25-13-15-29-16-14-25/h4-11,17,21,23H,2-3,12-16H2,1H3,(H,24,26)/t21-/m0/s1. The molecule has 162 valence electrons. The van der Waals surface area contributed by atoms with Gasteiger partial charge in [-0.1, -0.05) is 49.7 Å². The van der Waals surface area contributed by atoms with E-state index in [-0.39, 0.29) is 10.8 Å². The summed E-state index contributed by atoms with van der Waals surface area (Å²) in [5.41, 5.74) is 1.32. The van der Waals surface area contributed by atoms with E-state index in [4.69, 9.17) is 4.74 Å². The molecule has 1 amide bonds. The van der Waals surface area contributed by atoms with E-state index in [1.165, 1.54) is 10.4 Å². The Balaban J connectivity index is 1.77. The van der Waals surface area contributed by atoms with Crippen molar-refractivity contribution in [3.05, 3.63) is 60.2 Å². The smallest absolute Gasteiger partial charge is 0.246 e. The maximum Gasteiger partial charge on any atom is 0.246 e. The van der Waals surface area contributed by atoms with E-state index in [2.05, 4.69) is 17.6 Å². The molecule has 1 heterocycles. The van der Waals surface area contributed by atoms with Crippen molar-refractivity contribution in [3.63, 3.8) is 0 Å². The molecule has 0 spiro atoms. The Bertz CT molecular complexity index is 928. The number of anilines is 1. The predicted octanol–water partition coefficient (Wildman–Crippen LogP) is 2.78. The summed E-state index contributed by atoms with van der Waals surface area (Å²) < 4.78 is 32.5. The number of nitrogens with zero attached hydrogens (tertiary/aromatic N) is 1. The molecule has 0 unspecified atom stereocenters. The Morgan fingerprint density at radius 1 is 1.10 bits per heavy atom. The second-order valence-corrected chi connectivity index (χ2v) is 9.12. The topological polar surface area (TPSA) is 87.7 Å². The lowest BCUT2D eigenvalue weighted by Crippen LogP contribution is -2.40. The zero-order valence-electron chi connectivity index (χ0n) is 17.2. The van der Waals surface area contributed by atoms with Crippen molar-refractivity contribution in [2.75, 3.05) is 38.2 Å². The van der Waals surface area contributed by atoms with Crippen LogP contribution in [0, 0.1) is 0 Å². The number of morpholine rings is 1. The quantitative estimate of drug-likeness (QED) is 0.596. The van der Waals surface area contributed by atoms with Gasteiger partial charge in [0, 0.05) is 18.8 Å². The third-order valence-corrected chi connectivity index (χ3v) is 6.88. The first kappa shape index (κ1) is 22.4. The molecule has 1 saturated heterocycles. The fraction of sp³-hybridized carbons (Fsp3) is 0.409. The minimum absolute atomic E-state index is 0.164. The summed E-state index contributed by atoms with van der Waals surface area (Å²) >= 11 is 0. The molecule has 0 bridgehead atoms. The van der Waals surface area contributed by atoms with Crippen LogP contribution in [0.2, 0.25) is 0 Å². The highest BCUT2D eigenvalue weighted by Gasteiger charge is 2.27. The average Bonchev–Trinajstić information content (AvgIpc) is 2.78. The van der Waals surface area contributed by atoms with Crippen molar-refractivity contribution in [2.24, 2.45) is 0 Å². The molecular formula is C22H29N3O4S. The number of hydrogen-bond donors (Lipinski definition) is 2. The van der Waals surface area contributed by atoms with Crippen molar-refractivity contribution in [2.45, 2.75) is 30.7 Å². The number of ether oxygens (including phenoxy) is 1. The van der Waals surface area contributed by atoms with Crippen molar-refractivity contribution in [3.8, 4) is 0 Å². The van der Waals surface area contributed by atoms with Crippen LogP contribution in [0.15, 0.2) is 59.5 Å². The molecule has 1 atom stereocenters. The van der Waals surface area contributed by atoms with Crippen LogP contribution in [-0.2, 0) is 19.6 Å². The lowest BCUT2D eigenvalue weighted by atomic mass is 10.1. The second-order valence-electron chi connectivity index (χ2n) is 7.18. The molecule has 7 nitrogen and oxygen atoms in total. The summed E-state index contributed by atoms with van der Waals surface area (Å²) in [5, 5.41) is 6.17. The van der Waals surface area contributed by atoms with Crippen LogP contribution in [0.3, 0.4) is 0 Å². The Hall–Kier alpha value is -2.26. The van der Waals surface area contributed by atoms with Crippen LogP contribution in [-0.4, -0.2) is 51.5 Å². The highest BCUT2D eigenvalue weighted by Crippen LogP contribution is 2.22. The molecule has 0 saturated carbocycles. The van der Waals surface area contributed by atoms with E-state index < -0.39 is 16.1 Å². The van der Waals surface area contributed by atoms with E-state index in [1.54, 1.807) is 18.2 Å². The number of benzene rings is 2. The molecule has 0 aliphatic carbocycles. The summed E-state index contributed by atoms with van der Waals surface area (Å²) in [6, 6.07) is 15.4. The third kappa shape index (κ3) is 5.66. The third-order valence-electron chi connectivity index (χ3n) is 4.98. The van der Waals surface area contributed by atoms with Crippen molar-refractivity contribution in [1.82, 2.24) is 9.62 Å². The first-order valence-electron chi connectivity index (χ1n) is 10.3. The van der Waals surface area contributed by atoms with Crippen LogP contribution >= 0.6 is 0 Å². The van der Waals surface area contributed by atoms with Crippen LogP contribution in [0.25, 0.3) is 0 Å². The van der Waals surface area contributed by atoms with Gasteiger partial charge in [-0.25, -0.2) is 8.42 Å². The number of hydrogen-bond acceptors (Lipinski definition) is 5. The molecule has 8 heteroatoms. The molecular weight excluding hydrogens is 402 g/mol. The van der Waals surface area contributed by atoms with Gasteiger partial charge in [0.05, 0.1) is 18.1 Å². The Kier molecular flexibility index (Phi) is 7.98. The van der Waals surface area contributed by atoms with Crippen LogP contribution in [0.4, 0.5) is 5.69 Å². The number of carbonyl (C=O) groups excluding carboxylic acids is 1. The van der Waals surface area contributed by atoms with E-state index in [0.717, 1.165) is 24.9 Å². The number of unbranched alkanes of at least 4 members (excludes halogenated alkanes) is 1. The molecule has 1 aliphatic heterocycles. The zero-order valence-corrected chi connectivity index (χ0v) is 18.0. The highest BCUT2D eigenvalue weighted by atomic mass is 32.2. The van der Waals surface area contributed by atoms with E-state index in [0.29, 0.717) is 32.0 Å². The Morgan fingerprint density at radius 3 is 2.53 bits per heavy atom. The van der Waals surface area contributed by atoms with E-state index in [9.17, 15) is 13.2 Å².